The summed E-state index contributed by atoms with van der Waals surface area (Å²) in [5.41, 5.74) is 1.17. The van der Waals surface area contributed by atoms with Crippen LogP contribution < -0.4 is 20.1 Å². The van der Waals surface area contributed by atoms with Gasteiger partial charge in [-0.05, 0) is 42.9 Å². The molecule has 132 valence electrons. The Morgan fingerprint density at radius 2 is 1.96 bits per heavy atom. The maximum absolute atomic E-state index is 11.3. The summed E-state index contributed by atoms with van der Waals surface area (Å²) in [6, 6.07) is 6.02. The van der Waals surface area contributed by atoms with Crippen molar-refractivity contribution in [1.29, 1.82) is 0 Å². The Kier molecular flexibility index (Phi) is 5.48. The van der Waals surface area contributed by atoms with Crippen molar-refractivity contribution >= 4 is 6.03 Å². The Morgan fingerprint density at radius 3 is 2.67 bits per heavy atom. The predicted octanol–water partition coefficient (Wildman–Crippen LogP) is 3.44. The second-order valence-electron chi connectivity index (χ2n) is 6.91. The van der Waals surface area contributed by atoms with E-state index in [9.17, 15) is 4.79 Å². The Bertz CT molecular complexity index is 566. The van der Waals surface area contributed by atoms with E-state index in [0.717, 1.165) is 30.3 Å². The van der Waals surface area contributed by atoms with Crippen LogP contribution in [-0.4, -0.2) is 32.3 Å². The fourth-order valence-electron chi connectivity index (χ4n) is 3.83. The largest absolute Gasteiger partial charge is 0.493 e. The summed E-state index contributed by atoms with van der Waals surface area (Å²) in [5, 5.41) is 5.70. The first-order chi connectivity index (χ1) is 11.7. The summed E-state index contributed by atoms with van der Waals surface area (Å²) in [7, 11) is 1.68. The number of hydrogen-bond acceptors (Lipinski definition) is 3. The number of rotatable bonds is 6. The number of carbonyl (C=O) groups excluding carboxylic acids is 1. The topological polar surface area (TPSA) is 59.6 Å². The Morgan fingerprint density at radius 1 is 1.17 bits per heavy atom. The van der Waals surface area contributed by atoms with Crippen LogP contribution in [0.1, 0.15) is 50.5 Å². The third kappa shape index (κ3) is 3.94. The molecule has 1 aromatic carbocycles. The molecule has 24 heavy (non-hydrogen) atoms. The van der Waals surface area contributed by atoms with Crippen molar-refractivity contribution in [3.8, 4) is 11.5 Å². The van der Waals surface area contributed by atoms with E-state index in [1.54, 1.807) is 7.11 Å². The molecule has 0 spiro atoms. The quantitative estimate of drug-likeness (QED) is 0.839. The number of nitrogens with one attached hydrogen (secondary N) is 2. The lowest BCUT2D eigenvalue weighted by molar-refractivity contribution is 0.194. The number of amides is 2. The zero-order valence-electron chi connectivity index (χ0n) is 14.6. The van der Waals surface area contributed by atoms with Crippen molar-refractivity contribution in [3.05, 3.63) is 23.8 Å². The van der Waals surface area contributed by atoms with Crippen molar-refractivity contribution in [2.45, 2.75) is 51.0 Å². The molecular formula is C19H28N2O3. The van der Waals surface area contributed by atoms with Crippen molar-refractivity contribution in [2.24, 2.45) is 5.92 Å². The van der Waals surface area contributed by atoms with Gasteiger partial charge in [-0.1, -0.05) is 25.8 Å². The molecule has 0 aromatic heterocycles. The Hall–Kier alpha value is -1.91. The van der Waals surface area contributed by atoms with Gasteiger partial charge in [0.1, 0.15) is 0 Å². The maximum atomic E-state index is 11.3. The third-order valence-electron chi connectivity index (χ3n) is 5.16. The molecule has 2 fully saturated rings. The van der Waals surface area contributed by atoms with Gasteiger partial charge in [-0.25, -0.2) is 4.79 Å². The van der Waals surface area contributed by atoms with Crippen molar-refractivity contribution < 1.29 is 14.3 Å². The van der Waals surface area contributed by atoms with Crippen LogP contribution in [0, 0.1) is 5.92 Å². The molecule has 2 amide bonds. The zero-order valence-corrected chi connectivity index (χ0v) is 14.6. The van der Waals surface area contributed by atoms with Crippen molar-refractivity contribution in [2.75, 3.05) is 20.2 Å². The van der Waals surface area contributed by atoms with E-state index in [-0.39, 0.29) is 18.1 Å². The van der Waals surface area contributed by atoms with Crippen LogP contribution in [0.3, 0.4) is 0 Å². The molecule has 5 nitrogen and oxygen atoms in total. The Balaban J connectivity index is 1.69. The number of urea groups is 1. The normalized spacial score (nSPS) is 24.3. The van der Waals surface area contributed by atoms with Crippen LogP contribution in [0.2, 0.25) is 0 Å². The molecule has 2 aliphatic rings. The summed E-state index contributed by atoms with van der Waals surface area (Å²) in [6.45, 7) is 3.55. The lowest BCUT2D eigenvalue weighted by Crippen LogP contribution is -2.47. The highest BCUT2D eigenvalue weighted by Crippen LogP contribution is 2.37. The minimum atomic E-state index is -0.0934. The number of hydrogen-bond donors (Lipinski definition) is 2. The van der Waals surface area contributed by atoms with E-state index in [4.69, 9.17) is 9.47 Å². The SMILES string of the molecule is CCCC1CCC(Oc2cc(C3CNC(=O)NC3)ccc2OC)C1. The average Bonchev–Trinajstić information content (AvgIpc) is 3.03. The van der Waals surface area contributed by atoms with E-state index in [1.165, 1.54) is 24.8 Å². The van der Waals surface area contributed by atoms with Crippen molar-refractivity contribution in [1.82, 2.24) is 10.6 Å². The number of benzene rings is 1. The number of ether oxygens (including phenoxy) is 2. The van der Waals surface area contributed by atoms with Crippen LogP contribution in [0.15, 0.2) is 18.2 Å². The molecule has 2 unspecified atom stereocenters. The first-order valence-corrected chi connectivity index (χ1v) is 9.05. The minimum Gasteiger partial charge on any atom is -0.493 e. The van der Waals surface area contributed by atoms with Gasteiger partial charge in [0.05, 0.1) is 13.2 Å². The maximum Gasteiger partial charge on any atom is 0.314 e. The second kappa shape index (κ2) is 7.77. The number of carbonyl (C=O) groups is 1. The van der Waals surface area contributed by atoms with Gasteiger partial charge in [0.25, 0.3) is 0 Å². The minimum absolute atomic E-state index is 0.0934. The van der Waals surface area contributed by atoms with Crippen LogP contribution in [0.5, 0.6) is 11.5 Å². The van der Waals surface area contributed by atoms with E-state index in [0.29, 0.717) is 13.1 Å². The lowest BCUT2D eigenvalue weighted by Gasteiger charge is -2.25. The highest BCUT2D eigenvalue weighted by molar-refractivity contribution is 5.75. The summed E-state index contributed by atoms with van der Waals surface area (Å²) in [6.07, 6.45) is 6.36. The first-order valence-electron chi connectivity index (χ1n) is 9.05. The summed E-state index contributed by atoms with van der Waals surface area (Å²) in [5.74, 6) is 2.67. The highest BCUT2D eigenvalue weighted by atomic mass is 16.5. The molecule has 1 aliphatic heterocycles. The smallest absolute Gasteiger partial charge is 0.314 e. The zero-order chi connectivity index (χ0) is 16.9. The molecule has 1 saturated heterocycles. The Labute approximate surface area is 144 Å². The van der Waals surface area contributed by atoms with Crippen molar-refractivity contribution in [3.63, 3.8) is 0 Å². The van der Waals surface area contributed by atoms with E-state index in [1.807, 2.05) is 6.07 Å². The predicted molar refractivity (Wildman–Crippen MR) is 93.8 cm³/mol. The molecule has 1 saturated carbocycles. The van der Waals surface area contributed by atoms with Gasteiger partial charge in [0, 0.05) is 19.0 Å². The van der Waals surface area contributed by atoms with Gasteiger partial charge in [0.2, 0.25) is 0 Å². The molecule has 0 bridgehead atoms. The fourth-order valence-corrected chi connectivity index (χ4v) is 3.83. The van der Waals surface area contributed by atoms with Gasteiger partial charge in [-0.2, -0.15) is 0 Å². The molecule has 1 aromatic rings. The van der Waals surface area contributed by atoms with Gasteiger partial charge >= 0.3 is 6.03 Å². The standard InChI is InChI=1S/C19H28N2O3/c1-3-4-13-5-7-16(9-13)24-18-10-14(6-8-17(18)23-2)15-11-20-19(22)21-12-15/h6,8,10,13,15-16H,3-5,7,9,11-12H2,1-2H3,(H2,20,21,22). The van der Waals surface area contributed by atoms with Crippen LogP contribution >= 0.6 is 0 Å². The second-order valence-corrected chi connectivity index (χ2v) is 6.91. The molecule has 2 N–H and O–H groups in total. The third-order valence-corrected chi connectivity index (χ3v) is 5.16. The molecular weight excluding hydrogens is 304 g/mol. The fraction of sp³-hybridized carbons (Fsp3) is 0.632. The molecule has 5 heteroatoms. The summed E-state index contributed by atoms with van der Waals surface area (Å²) < 4.78 is 11.8. The van der Waals surface area contributed by atoms with E-state index >= 15 is 0 Å². The van der Waals surface area contributed by atoms with Gasteiger partial charge < -0.3 is 20.1 Å². The highest BCUT2D eigenvalue weighted by Gasteiger charge is 2.27. The van der Waals surface area contributed by atoms with Gasteiger partial charge in [0.15, 0.2) is 11.5 Å². The van der Waals surface area contributed by atoms with E-state index < -0.39 is 0 Å². The molecule has 0 radical (unpaired) electrons. The monoisotopic (exact) mass is 332 g/mol. The summed E-state index contributed by atoms with van der Waals surface area (Å²) >= 11 is 0. The number of methoxy groups -OCH3 is 1. The van der Waals surface area contributed by atoms with Crippen LogP contribution in [-0.2, 0) is 0 Å². The van der Waals surface area contributed by atoms with Crippen LogP contribution in [0.25, 0.3) is 0 Å². The average molecular weight is 332 g/mol. The molecule has 3 rings (SSSR count). The van der Waals surface area contributed by atoms with Crippen LogP contribution in [0.4, 0.5) is 4.79 Å². The molecule has 1 aliphatic carbocycles. The van der Waals surface area contributed by atoms with Gasteiger partial charge in [-0.3, -0.25) is 0 Å². The van der Waals surface area contributed by atoms with Gasteiger partial charge in [-0.15, -0.1) is 0 Å². The summed E-state index contributed by atoms with van der Waals surface area (Å²) in [4.78, 5) is 11.3. The molecule has 2 atom stereocenters. The molecule has 1 heterocycles. The van der Waals surface area contributed by atoms with E-state index in [2.05, 4.69) is 29.7 Å². The first kappa shape index (κ1) is 16.9. The lowest BCUT2D eigenvalue weighted by atomic mass is 9.97.